The average Bonchev–Trinajstić information content (AvgIpc) is 1.65. The van der Waals surface area contributed by atoms with Gasteiger partial charge >= 0.3 is 0 Å². The van der Waals surface area contributed by atoms with Crippen LogP contribution in [0.2, 0.25) is 0 Å². The lowest BCUT2D eigenvalue weighted by Gasteiger charge is -1.92. The molecule has 0 atom stereocenters. The van der Waals surface area contributed by atoms with E-state index in [9.17, 15) is 0 Å². The largest absolute Gasteiger partial charge is 0.370 e. The van der Waals surface area contributed by atoms with Crippen molar-refractivity contribution < 1.29 is 0 Å². The van der Waals surface area contributed by atoms with E-state index in [4.69, 9.17) is 11.5 Å². The average molecular weight is 132 g/mol. The molecule has 0 saturated carbocycles. The summed E-state index contributed by atoms with van der Waals surface area (Å²) < 4.78 is 0. The van der Waals surface area contributed by atoms with Crippen molar-refractivity contribution in [2.45, 2.75) is 0 Å². The van der Waals surface area contributed by atoms with Crippen molar-refractivity contribution in [3.63, 3.8) is 0 Å². The highest BCUT2D eigenvalue weighted by molar-refractivity contribution is 7.80. The smallest absolute Gasteiger partial charge is 0.195 e. The van der Waals surface area contributed by atoms with E-state index < -0.39 is 0 Å². The molecule has 46 valence electrons. The third-order valence-electron chi connectivity index (χ3n) is 0.445. The second-order valence-electron chi connectivity index (χ2n) is 1.09. The first kappa shape index (κ1) is 7.16. The van der Waals surface area contributed by atoms with Crippen LogP contribution in [0.5, 0.6) is 0 Å². The van der Waals surface area contributed by atoms with Gasteiger partial charge in [0.15, 0.2) is 11.1 Å². The summed E-state index contributed by atoms with van der Waals surface area (Å²) in [6.45, 7) is 0. The van der Waals surface area contributed by atoms with Crippen molar-refractivity contribution in [1.82, 2.24) is 5.32 Å². The van der Waals surface area contributed by atoms with Crippen LogP contribution in [0.25, 0.3) is 0 Å². The van der Waals surface area contributed by atoms with E-state index >= 15 is 0 Å². The van der Waals surface area contributed by atoms with E-state index in [1.807, 2.05) is 0 Å². The fourth-order valence-electron chi connectivity index (χ4n) is 0.173. The number of nitrogens with two attached hydrogens (primary N) is 2. The van der Waals surface area contributed by atoms with Gasteiger partial charge in [-0.05, 0) is 12.2 Å². The molecule has 0 aromatic rings. The lowest BCUT2D eigenvalue weighted by molar-refractivity contribution is 1.18. The molecular weight excluding hydrogens is 124 g/mol. The van der Waals surface area contributed by atoms with E-state index in [1.54, 1.807) is 7.05 Å². The Morgan fingerprint density at radius 2 is 2.12 bits per heavy atom. The summed E-state index contributed by atoms with van der Waals surface area (Å²) >= 11 is 4.57. The van der Waals surface area contributed by atoms with Crippen molar-refractivity contribution >= 4 is 23.3 Å². The summed E-state index contributed by atoms with van der Waals surface area (Å²) in [4.78, 5) is 3.49. The van der Waals surface area contributed by atoms with Gasteiger partial charge in [-0.3, -0.25) is 0 Å². The Hall–Kier alpha value is -0.840. The summed E-state index contributed by atoms with van der Waals surface area (Å²) in [5.41, 5.74) is 9.94. The van der Waals surface area contributed by atoms with Crippen molar-refractivity contribution in [3.8, 4) is 0 Å². The summed E-state index contributed by atoms with van der Waals surface area (Å²) in [7, 11) is 1.65. The molecule has 0 rings (SSSR count). The Balaban J connectivity index is 3.70. The normalized spacial score (nSPS) is 7.62. The Bertz CT molecular complexity index is 114. The zero-order chi connectivity index (χ0) is 6.57. The topological polar surface area (TPSA) is 76.4 Å². The predicted octanol–water partition coefficient (Wildman–Crippen LogP) is -1.24. The van der Waals surface area contributed by atoms with Crippen molar-refractivity contribution in [1.29, 1.82) is 0 Å². The first-order valence-electron chi connectivity index (χ1n) is 1.98. The Kier molecular flexibility index (Phi) is 2.86. The second-order valence-corrected chi connectivity index (χ2v) is 1.48. The molecule has 0 aliphatic heterocycles. The second kappa shape index (κ2) is 3.20. The molecule has 0 unspecified atom stereocenters. The molecule has 5 heteroatoms. The van der Waals surface area contributed by atoms with E-state index in [0.29, 0.717) is 5.11 Å². The highest BCUT2D eigenvalue weighted by Crippen LogP contribution is 1.68. The number of aliphatic imine (C=N–C) groups is 1. The number of guanidine groups is 1. The summed E-state index contributed by atoms with van der Waals surface area (Å²) in [5, 5.41) is 2.88. The van der Waals surface area contributed by atoms with Crippen LogP contribution in [0.15, 0.2) is 4.99 Å². The maximum absolute atomic E-state index is 4.97. The van der Waals surface area contributed by atoms with E-state index in [0.717, 1.165) is 0 Å². The van der Waals surface area contributed by atoms with Crippen LogP contribution in [0.3, 0.4) is 0 Å². The van der Waals surface area contributed by atoms with Gasteiger partial charge in [0.2, 0.25) is 0 Å². The van der Waals surface area contributed by atoms with Gasteiger partial charge in [0, 0.05) is 7.05 Å². The molecule has 0 aliphatic carbocycles. The number of hydrogen-bond acceptors (Lipinski definition) is 1. The minimum absolute atomic E-state index is 0.0237. The molecule has 0 radical (unpaired) electrons. The maximum Gasteiger partial charge on any atom is 0.195 e. The number of rotatable bonds is 0. The molecule has 0 spiro atoms. The van der Waals surface area contributed by atoms with Gasteiger partial charge < -0.3 is 16.8 Å². The summed E-state index contributed by atoms with van der Waals surface area (Å²) in [6.07, 6.45) is 0. The van der Waals surface area contributed by atoms with Crippen molar-refractivity contribution in [2.24, 2.45) is 16.5 Å². The van der Waals surface area contributed by atoms with Crippen LogP contribution in [-0.2, 0) is 0 Å². The van der Waals surface area contributed by atoms with E-state index in [1.165, 1.54) is 0 Å². The molecule has 5 N–H and O–H groups in total. The fourth-order valence-corrected chi connectivity index (χ4v) is 0.279. The Labute approximate surface area is 53.0 Å². The SMILES string of the molecule is CNC(=S)N=C(N)N. The third-order valence-corrected chi connectivity index (χ3v) is 0.740. The first-order chi connectivity index (χ1) is 3.66. The van der Waals surface area contributed by atoms with E-state index in [2.05, 4.69) is 22.5 Å². The molecule has 4 nitrogen and oxygen atoms in total. The highest BCUT2D eigenvalue weighted by Gasteiger charge is 1.83. The highest BCUT2D eigenvalue weighted by atomic mass is 32.1. The number of thiocarbonyl (C=S) groups is 1. The van der Waals surface area contributed by atoms with Crippen molar-refractivity contribution in [3.05, 3.63) is 0 Å². The zero-order valence-electron chi connectivity index (χ0n) is 4.51. The fraction of sp³-hybridized carbons (Fsp3) is 0.333. The van der Waals surface area contributed by atoms with Crippen LogP contribution in [0.4, 0.5) is 0 Å². The number of nitrogens with zero attached hydrogens (tertiary/aromatic N) is 1. The van der Waals surface area contributed by atoms with Gasteiger partial charge in [-0.25, -0.2) is 0 Å². The molecule has 8 heavy (non-hydrogen) atoms. The molecule has 0 aromatic heterocycles. The standard InChI is InChI=1S/C3H8N4S/c1-6-3(8)7-2(4)5/h1H3,(H5,4,5,6,7,8). The molecule has 0 fully saturated rings. The lowest BCUT2D eigenvalue weighted by atomic mass is 11.0. The van der Waals surface area contributed by atoms with Crippen LogP contribution < -0.4 is 16.8 Å². The summed E-state index contributed by atoms with van der Waals surface area (Å²) in [5.74, 6) is -0.0237. The minimum Gasteiger partial charge on any atom is -0.370 e. The van der Waals surface area contributed by atoms with Gasteiger partial charge in [-0.2, -0.15) is 4.99 Å². The van der Waals surface area contributed by atoms with Crippen LogP contribution in [0.1, 0.15) is 0 Å². The van der Waals surface area contributed by atoms with Crippen LogP contribution in [0, 0.1) is 0 Å². The zero-order valence-corrected chi connectivity index (χ0v) is 5.33. The van der Waals surface area contributed by atoms with Crippen LogP contribution in [-0.4, -0.2) is 18.1 Å². The van der Waals surface area contributed by atoms with Crippen LogP contribution >= 0.6 is 12.2 Å². The molecular formula is C3H8N4S. The Morgan fingerprint density at radius 3 is 2.25 bits per heavy atom. The predicted molar refractivity (Wildman–Crippen MR) is 37.5 cm³/mol. The molecule has 0 bridgehead atoms. The van der Waals surface area contributed by atoms with E-state index in [-0.39, 0.29) is 5.96 Å². The maximum atomic E-state index is 4.97. The molecule has 0 aromatic carbocycles. The quantitative estimate of drug-likeness (QED) is 0.219. The van der Waals surface area contributed by atoms with Gasteiger partial charge in [-0.1, -0.05) is 0 Å². The Morgan fingerprint density at radius 1 is 1.62 bits per heavy atom. The first-order valence-corrected chi connectivity index (χ1v) is 2.39. The van der Waals surface area contributed by atoms with Crippen molar-refractivity contribution in [2.75, 3.05) is 7.05 Å². The number of hydrogen-bond donors (Lipinski definition) is 3. The molecule has 0 aliphatic rings. The molecule has 0 heterocycles. The molecule has 0 saturated heterocycles. The van der Waals surface area contributed by atoms with Gasteiger partial charge in [-0.15, -0.1) is 0 Å². The van der Waals surface area contributed by atoms with Gasteiger partial charge in [0.1, 0.15) is 0 Å². The third kappa shape index (κ3) is 3.35. The number of nitrogens with one attached hydrogen (secondary N) is 1. The van der Waals surface area contributed by atoms with Gasteiger partial charge in [0.05, 0.1) is 0 Å². The lowest BCUT2D eigenvalue weighted by Crippen LogP contribution is -2.26. The van der Waals surface area contributed by atoms with Gasteiger partial charge in [0.25, 0.3) is 0 Å². The molecule has 0 amide bonds. The minimum atomic E-state index is -0.0237. The monoisotopic (exact) mass is 132 g/mol. The summed E-state index contributed by atoms with van der Waals surface area (Å²) in [6, 6.07) is 0.